The number of anilines is 1. The first-order valence-corrected chi connectivity index (χ1v) is 6.06. The highest BCUT2D eigenvalue weighted by atomic mass is 16.1. The molecule has 1 amide bonds. The number of benzene rings is 1. The van der Waals surface area contributed by atoms with Gasteiger partial charge in [0.25, 0.3) is 0 Å². The van der Waals surface area contributed by atoms with Gasteiger partial charge in [-0.2, -0.15) is 0 Å². The molecule has 2 N–H and O–H groups in total. The molecule has 1 heterocycles. The molecule has 1 aromatic heterocycles. The Hall–Kier alpha value is -2.27. The lowest BCUT2D eigenvalue weighted by Gasteiger charge is -2.06. The van der Waals surface area contributed by atoms with E-state index in [4.69, 9.17) is 0 Å². The summed E-state index contributed by atoms with van der Waals surface area (Å²) in [5, 5.41) is 5.85. The second-order valence-electron chi connectivity index (χ2n) is 4.22. The molecule has 19 heavy (non-hydrogen) atoms. The van der Waals surface area contributed by atoms with Gasteiger partial charge < -0.3 is 10.6 Å². The molecule has 0 saturated heterocycles. The van der Waals surface area contributed by atoms with Gasteiger partial charge in [0.05, 0.1) is 12.2 Å². The molecule has 0 aliphatic carbocycles. The van der Waals surface area contributed by atoms with Gasteiger partial charge in [-0.3, -0.25) is 4.79 Å². The molecule has 0 aliphatic rings. The summed E-state index contributed by atoms with van der Waals surface area (Å²) in [5.74, 6) is -0.0714. The van der Waals surface area contributed by atoms with Crippen LogP contribution in [0.15, 0.2) is 42.9 Å². The summed E-state index contributed by atoms with van der Waals surface area (Å²) in [7, 11) is 0. The maximum absolute atomic E-state index is 11.7. The second kappa shape index (κ2) is 6.61. The largest absolute Gasteiger partial charge is 0.325 e. The SMILES string of the molecule is Cc1ccc(NC(=O)CNCc2ccncn2)cc1. The Balaban J connectivity index is 1.74. The lowest BCUT2D eigenvalue weighted by atomic mass is 10.2. The van der Waals surface area contributed by atoms with Crippen LogP contribution in [0.3, 0.4) is 0 Å². The summed E-state index contributed by atoms with van der Waals surface area (Å²) >= 11 is 0. The number of rotatable bonds is 5. The van der Waals surface area contributed by atoms with Crippen LogP contribution in [0.2, 0.25) is 0 Å². The number of amides is 1. The van der Waals surface area contributed by atoms with E-state index in [-0.39, 0.29) is 12.5 Å². The molecular formula is C14H16N4O. The van der Waals surface area contributed by atoms with Crippen LogP contribution in [-0.2, 0) is 11.3 Å². The smallest absolute Gasteiger partial charge is 0.238 e. The number of nitrogens with zero attached hydrogens (tertiary/aromatic N) is 2. The Labute approximate surface area is 112 Å². The van der Waals surface area contributed by atoms with E-state index >= 15 is 0 Å². The molecule has 0 unspecified atom stereocenters. The zero-order valence-electron chi connectivity index (χ0n) is 10.8. The summed E-state index contributed by atoms with van der Waals surface area (Å²) in [6, 6.07) is 9.51. The molecule has 2 rings (SSSR count). The third kappa shape index (κ3) is 4.48. The number of carbonyl (C=O) groups excluding carboxylic acids is 1. The molecule has 0 fully saturated rings. The van der Waals surface area contributed by atoms with Gasteiger partial charge >= 0.3 is 0 Å². The standard InChI is InChI=1S/C14H16N4O/c1-11-2-4-12(5-3-11)18-14(19)9-16-8-13-6-7-15-10-17-13/h2-7,10,16H,8-9H2,1H3,(H,18,19). The van der Waals surface area contributed by atoms with Crippen LogP contribution in [0, 0.1) is 6.92 Å². The van der Waals surface area contributed by atoms with Gasteiger partial charge in [-0.25, -0.2) is 9.97 Å². The molecule has 0 saturated carbocycles. The van der Waals surface area contributed by atoms with E-state index in [2.05, 4.69) is 20.6 Å². The van der Waals surface area contributed by atoms with Crippen LogP contribution in [-0.4, -0.2) is 22.4 Å². The Bertz CT molecular complexity index is 525. The van der Waals surface area contributed by atoms with Crippen molar-refractivity contribution in [2.75, 3.05) is 11.9 Å². The maximum Gasteiger partial charge on any atom is 0.238 e. The maximum atomic E-state index is 11.7. The average Bonchev–Trinajstić information content (AvgIpc) is 2.43. The number of carbonyl (C=O) groups is 1. The second-order valence-corrected chi connectivity index (χ2v) is 4.22. The van der Waals surface area contributed by atoms with Gasteiger partial charge in [0.2, 0.25) is 5.91 Å². The number of aromatic nitrogens is 2. The average molecular weight is 256 g/mol. The first-order chi connectivity index (χ1) is 9.24. The van der Waals surface area contributed by atoms with Crippen LogP contribution >= 0.6 is 0 Å². The van der Waals surface area contributed by atoms with E-state index in [0.717, 1.165) is 11.4 Å². The monoisotopic (exact) mass is 256 g/mol. The van der Waals surface area contributed by atoms with Crippen LogP contribution < -0.4 is 10.6 Å². The van der Waals surface area contributed by atoms with Crippen molar-refractivity contribution in [2.45, 2.75) is 13.5 Å². The van der Waals surface area contributed by atoms with Crippen molar-refractivity contribution in [3.8, 4) is 0 Å². The molecule has 0 radical (unpaired) electrons. The topological polar surface area (TPSA) is 66.9 Å². The molecule has 0 bridgehead atoms. The summed E-state index contributed by atoms with van der Waals surface area (Å²) < 4.78 is 0. The van der Waals surface area contributed by atoms with Crippen molar-refractivity contribution in [2.24, 2.45) is 0 Å². The van der Waals surface area contributed by atoms with Gasteiger partial charge in [0.1, 0.15) is 6.33 Å². The molecule has 0 atom stereocenters. The molecule has 0 aliphatic heterocycles. The summed E-state index contributed by atoms with van der Waals surface area (Å²) in [6.45, 7) is 2.80. The predicted octanol–water partition coefficient (Wildman–Crippen LogP) is 1.51. The molecular weight excluding hydrogens is 240 g/mol. The molecule has 2 aromatic rings. The predicted molar refractivity (Wildman–Crippen MR) is 73.5 cm³/mol. The van der Waals surface area contributed by atoms with E-state index in [1.165, 1.54) is 11.9 Å². The van der Waals surface area contributed by atoms with Gasteiger partial charge in [-0.05, 0) is 25.1 Å². The van der Waals surface area contributed by atoms with Crippen LogP contribution in [0.5, 0.6) is 0 Å². The lowest BCUT2D eigenvalue weighted by molar-refractivity contribution is -0.115. The van der Waals surface area contributed by atoms with E-state index in [1.54, 1.807) is 6.20 Å². The minimum absolute atomic E-state index is 0.0714. The molecule has 5 nitrogen and oxygen atoms in total. The zero-order valence-corrected chi connectivity index (χ0v) is 10.8. The van der Waals surface area contributed by atoms with Crippen molar-refractivity contribution in [1.82, 2.24) is 15.3 Å². The highest BCUT2D eigenvalue weighted by Crippen LogP contribution is 2.07. The third-order valence-corrected chi connectivity index (χ3v) is 2.57. The van der Waals surface area contributed by atoms with Crippen molar-refractivity contribution in [1.29, 1.82) is 0 Å². The number of aryl methyl sites for hydroxylation is 1. The first-order valence-electron chi connectivity index (χ1n) is 6.06. The highest BCUT2D eigenvalue weighted by Gasteiger charge is 2.02. The van der Waals surface area contributed by atoms with Crippen molar-refractivity contribution >= 4 is 11.6 Å². The van der Waals surface area contributed by atoms with Crippen molar-refractivity contribution < 1.29 is 4.79 Å². The summed E-state index contributed by atoms with van der Waals surface area (Å²) in [4.78, 5) is 19.6. The Morgan fingerprint density at radius 2 is 2.00 bits per heavy atom. The zero-order chi connectivity index (χ0) is 13.5. The molecule has 1 aromatic carbocycles. The fourth-order valence-corrected chi connectivity index (χ4v) is 1.57. The fraction of sp³-hybridized carbons (Fsp3) is 0.214. The van der Waals surface area contributed by atoms with Crippen molar-refractivity contribution in [3.05, 3.63) is 54.1 Å². The molecule has 5 heteroatoms. The van der Waals surface area contributed by atoms with Crippen LogP contribution in [0.4, 0.5) is 5.69 Å². The minimum atomic E-state index is -0.0714. The summed E-state index contributed by atoms with van der Waals surface area (Å²) in [6.07, 6.45) is 3.17. The fourth-order valence-electron chi connectivity index (χ4n) is 1.57. The first kappa shape index (κ1) is 13.2. The van der Waals surface area contributed by atoms with Gasteiger partial charge in [0, 0.05) is 18.4 Å². The Kier molecular flexibility index (Phi) is 4.58. The highest BCUT2D eigenvalue weighted by molar-refractivity contribution is 5.92. The minimum Gasteiger partial charge on any atom is -0.325 e. The lowest BCUT2D eigenvalue weighted by Crippen LogP contribution is -2.27. The third-order valence-electron chi connectivity index (χ3n) is 2.57. The van der Waals surface area contributed by atoms with E-state index in [0.29, 0.717) is 6.54 Å². The summed E-state index contributed by atoms with van der Waals surface area (Å²) in [5.41, 5.74) is 2.83. The number of nitrogens with one attached hydrogen (secondary N) is 2. The van der Waals surface area contributed by atoms with Crippen LogP contribution in [0.1, 0.15) is 11.3 Å². The molecule has 98 valence electrons. The van der Waals surface area contributed by atoms with E-state index in [9.17, 15) is 4.79 Å². The van der Waals surface area contributed by atoms with Crippen molar-refractivity contribution in [3.63, 3.8) is 0 Å². The Morgan fingerprint density at radius 3 is 2.68 bits per heavy atom. The normalized spacial score (nSPS) is 10.2. The quantitative estimate of drug-likeness (QED) is 0.851. The number of hydrogen-bond donors (Lipinski definition) is 2. The van der Waals surface area contributed by atoms with Gasteiger partial charge in [-0.1, -0.05) is 17.7 Å². The Morgan fingerprint density at radius 1 is 1.21 bits per heavy atom. The van der Waals surface area contributed by atoms with E-state index in [1.807, 2.05) is 37.3 Å². The van der Waals surface area contributed by atoms with Gasteiger partial charge in [-0.15, -0.1) is 0 Å². The number of hydrogen-bond acceptors (Lipinski definition) is 4. The molecule has 0 spiro atoms. The van der Waals surface area contributed by atoms with E-state index < -0.39 is 0 Å². The van der Waals surface area contributed by atoms with Gasteiger partial charge in [0.15, 0.2) is 0 Å². The van der Waals surface area contributed by atoms with Crippen LogP contribution in [0.25, 0.3) is 0 Å².